The Bertz CT molecular complexity index is 234. The van der Waals surface area contributed by atoms with E-state index in [1.54, 1.807) is 0 Å². The van der Waals surface area contributed by atoms with Gasteiger partial charge in [0.25, 0.3) is 0 Å². The highest BCUT2D eigenvalue weighted by molar-refractivity contribution is 7.99. The molecule has 2 aliphatic rings. The van der Waals surface area contributed by atoms with Crippen LogP contribution in [0.3, 0.4) is 0 Å². The predicted octanol–water partition coefficient (Wildman–Crippen LogP) is 1.24. The zero-order valence-electron chi connectivity index (χ0n) is 6.59. The average Bonchev–Trinajstić information content (AvgIpc) is 2.30. The molecule has 2 nitrogen and oxygen atoms in total. The molecule has 0 fully saturated rings. The molecule has 0 saturated heterocycles. The Balaban J connectivity index is 2.27. The molecule has 1 amide bonds. The van der Waals surface area contributed by atoms with E-state index in [9.17, 15) is 4.79 Å². The summed E-state index contributed by atoms with van der Waals surface area (Å²) in [7, 11) is 1.89. The van der Waals surface area contributed by atoms with Crippen molar-refractivity contribution in [2.75, 3.05) is 18.6 Å². The zero-order valence-corrected chi connectivity index (χ0v) is 7.41. The second kappa shape index (κ2) is 2.55. The molecule has 2 aliphatic heterocycles. The van der Waals surface area contributed by atoms with Crippen LogP contribution in [0, 0.1) is 0 Å². The van der Waals surface area contributed by atoms with Crippen LogP contribution in [0.1, 0.15) is 12.8 Å². The fourth-order valence-corrected chi connectivity index (χ4v) is 2.63. The lowest BCUT2D eigenvalue weighted by Gasteiger charge is -2.18. The Morgan fingerprint density at radius 2 is 2.36 bits per heavy atom. The Labute approximate surface area is 70.6 Å². The van der Waals surface area contributed by atoms with Crippen LogP contribution in [0.15, 0.2) is 11.3 Å². The third kappa shape index (κ3) is 1.07. The van der Waals surface area contributed by atoms with Crippen molar-refractivity contribution in [3.8, 4) is 0 Å². The van der Waals surface area contributed by atoms with Gasteiger partial charge in [0.05, 0.1) is 6.42 Å². The molecule has 0 aromatic heterocycles. The zero-order chi connectivity index (χ0) is 7.84. The van der Waals surface area contributed by atoms with Crippen LogP contribution in [0.2, 0.25) is 0 Å². The van der Waals surface area contributed by atoms with Crippen LogP contribution in [-0.2, 0) is 4.79 Å². The normalized spacial score (nSPS) is 24.5. The number of rotatable bonds is 0. The van der Waals surface area contributed by atoms with Gasteiger partial charge in [-0.2, -0.15) is 11.8 Å². The number of thioether (sulfide) groups is 1. The summed E-state index contributed by atoms with van der Waals surface area (Å²) in [6, 6.07) is 0. The van der Waals surface area contributed by atoms with E-state index in [0.29, 0.717) is 6.42 Å². The van der Waals surface area contributed by atoms with E-state index in [4.69, 9.17) is 0 Å². The summed E-state index contributed by atoms with van der Waals surface area (Å²) in [4.78, 5) is 13.0. The molecule has 2 heterocycles. The summed E-state index contributed by atoms with van der Waals surface area (Å²) in [6.45, 7) is 0. The van der Waals surface area contributed by atoms with Crippen LogP contribution >= 0.6 is 11.8 Å². The number of carbonyl (C=O) groups excluding carboxylic acids is 1. The van der Waals surface area contributed by atoms with Gasteiger partial charge in [0, 0.05) is 18.5 Å². The topological polar surface area (TPSA) is 20.3 Å². The molecule has 0 aromatic carbocycles. The van der Waals surface area contributed by atoms with E-state index in [0.717, 1.165) is 12.2 Å². The van der Waals surface area contributed by atoms with Crippen molar-refractivity contribution < 1.29 is 4.79 Å². The molecule has 2 rings (SSSR count). The molecule has 0 aromatic rings. The summed E-state index contributed by atoms with van der Waals surface area (Å²) >= 11 is 1.94. The smallest absolute Gasteiger partial charge is 0.230 e. The standard InChI is InChI=1S/C8H11NOS/c1-9-7-2-3-11-5-6(7)4-8(9)10/h2-5H2,1H3. The average molecular weight is 169 g/mol. The van der Waals surface area contributed by atoms with Crippen molar-refractivity contribution in [3.63, 3.8) is 0 Å². The highest BCUT2D eigenvalue weighted by Gasteiger charge is 2.28. The lowest BCUT2D eigenvalue weighted by molar-refractivity contribution is -0.126. The van der Waals surface area contributed by atoms with E-state index >= 15 is 0 Å². The molecule has 60 valence electrons. The minimum atomic E-state index is 0.275. The molecule has 0 radical (unpaired) electrons. The summed E-state index contributed by atoms with van der Waals surface area (Å²) < 4.78 is 0. The van der Waals surface area contributed by atoms with Gasteiger partial charge in [-0.05, 0) is 17.7 Å². The van der Waals surface area contributed by atoms with Crippen molar-refractivity contribution in [2.45, 2.75) is 12.8 Å². The van der Waals surface area contributed by atoms with Crippen LogP contribution in [0.4, 0.5) is 0 Å². The third-order valence-corrected chi connectivity index (χ3v) is 3.36. The van der Waals surface area contributed by atoms with Gasteiger partial charge >= 0.3 is 0 Å². The third-order valence-electron chi connectivity index (χ3n) is 2.31. The number of hydrogen-bond acceptors (Lipinski definition) is 2. The first-order valence-corrected chi connectivity index (χ1v) is 4.99. The van der Waals surface area contributed by atoms with E-state index in [2.05, 4.69) is 0 Å². The van der Waals surface area contributed by atoms with Crippen molar-refractivity contribution in [2.24, 2.45) is 0 Å². The molecule has 0 unspecified atom stereocenters. The van der Waals surface area contributed by atoms with Crippen molar-refractivity contribution >= 4 is 17.7 Å². The second-order valence-corrected chi connectivity index (χ2v) is 4.09. The number of nitrogens with zero attached hydrogens (tertiary/aromatic N) is 1. The van der Waals surface area contributed by atoms with Crippen LogP contribution in [-0.4, -0.2) is 29.4 Å². The van der Waals surface area contributed by atoms with Gasteiger partial charge < -0.3 is 4.90 Å². The van der Waals surface area contributed by atoms with E-state index < -0.39 is 0 Å². The van der Waals surface area contributed by atoms with Crippen molar-refractivity contribution in [1.29, 1.82) is 0 Å². The molecule has 0 saturated carbocycles. The monoisotopic (exact) mass is 169 g/mol. The molecule has 0 atom stereocenters. The molecule has 0 spiro atoms. The van der Waals surface area contributed by atoms with E-state index in [-0.39, 0.29) is 5.91 Å². The first-order valence-electron chi connectivity index (χ1n) is 3.84. The fourth-order valence-electron chi connectivity index (χ4n) is 1.63. The van der Waals surface area contributed by atoms with Crippen LogP contribution in [0.25, 0.3) is 0 Å². The predicted molar refractivity (Wildman–Crippen MR) is 46.4 cm³/mol. The first kappa shape index (κ1) is 7.22. The number of amides is 1. The molecule has 3 heteroatoms. The Morgan fingerprint density at radius 1 is 1.55 bits per heavy atom. The lowest BCUT2D eigenvalue weighted by Crippen LogP contribution is -2.20. The minimum absolute atomic E-state index is 0.275. The van der Waals surface area contributed by atoms with Crippen molar-refractivity contribution in [3.05, 3.63) is 11.3 Å². The summed E-state index contributed by atoms with van der Waals surface area (Å²) in [6.07, 6.45) is 1.76. The lowest BCUT2D eigenvalue weighted by atomic mass is 10.2. The van der Waals surface area contributed by atoms with E-state index in [1.165, 1.54) is 17.0 Å². The molecule has 0 aliphatic carbocycles. The molecule has 0 bridgehead atoms. The fraction of sp³-hybridized carbons (Fsp3) is 0.625. The molecule has 11 heavy (non-hydrogen) atoms. The number of carbonyl (C=O) groups is 1. The van der Waals surface area contributed by atoms with Gasteiger partial charge in [0.1, 0.15) is 0 Å². The maximum atomic E-state index is 11.2. The summed E-state index contributed by atoms with van der Waals surface area (Å²) in [5, 5.41) is 0. The quantitative estimate of drug-likeness (QED) is 0.544. The largest absolute Gasteiger partial charge is 0.319 e. The van der Waals surface area contributed by atoms with Gasteiger partial charge in [-0.3, -0.25) is 4.79 Å². The highest BCUT2D eigenvalue weighted by Crippen LogP contribution is 2.32. The maximum absolute atomic E-state index is 11.2. The minimum Gasteiger partial charge on any atom is -0.319 e. The summed E-state index contributed by atoms with van der Waals surface area (Å²) in [5.41, 5.74) is 2.67. The molecule has 0 N–H and O–H groups in total. The Hall–Kier alpha value is -0.440. The molecular formula is C8H11NOS. The SMILES string of the molecule is CN1C(=O)CC2=C1CCSC2. The van der Waals surface area contributed by atoms with Crippen LogP contribution in [0.5, 0.6) is 0 Å². The first-order chi connectivity index (χ1) is 5.29. The molecular weight excluding hydrogens is 158 g/mol. The Kier molecular flexibility index (Phi) is 1.68. The number of hydrogen-bond donors (Lipinski definition) is 0. The van der Waals surface area contributed by atoms with Gasteiger partial charge in [-0.1, -0.05) is 0 Å². The highest BCUT2D eigenvalue weighted by atomic mass is 32.2. The number of allylic oxidation sites excluding steroid dienone is 1. The Morgan fingerprint density at radius 3 is 3.09 bits per heavy atom. The van der Waals surface area contributed by atoms with Gasteiger partial charge in [-0.15, -0.1) is 0 Å². The van der Waals surface area contributed by atoms with Crippen molar-refractivity contribution in [1.82, 2.24) is 4.90 Å². The van der Waals surface area contributed by atoms with Crippen LogP contribution < -0.4 is 0 Å². The van der Waals surface area contributed by atoms with Gasteiger partial charge in [-0.25, -0.2) is 0 Å². The second-order valence-electron chi connectivity index (χ2n) is 2.98. The van der Waals surface area contributed by atoms with Gasteiger partial charge in [0.2, 0.25) is 5.91 Å². The maximum Gasteiger partial charge on any atom is 0.230 e. The van der Waals surface area contributed by atoms with E-state index in [1.807, 2.05) is 23.7 Å². The summed E-state index contributed by atoms with van der Waals surface area (Å²) in [5.74, 6) is 2.53. The van der Waals surface area contributed by atoms with Gasteiger partial charge in [0.15, 0.2) is 0 Å².